The lowest BCUT2D eigenvalue weighted by atomic mass is 10.2. The minimum atomic E-state index is -3.98. The van der Waals surface area contributed by atoms with E-state index in [9.17, 15) is 17.6 Å². The number of thioether (sulfide) groups is 1. The van der Waals surface area contributed by atoms with Gasteiger partial charge in [-0.3, -0.25) is 9.10 Å². The van der Waals surface area contributed by atoms with E-state index in [1.807, 2.05) is 13.8 Å². The quantitative estimate of drug-likeness (QED) is 0.809. The van der Waals surface area contributed by atoms with Crippen LogP contribution < -0.4 is 9.62 Å². The Bertz CT molecular complexity index is 963. The highest BCUT2D eigenvalue weighted by atomic mass is 32.2. The topological polar surface area (TPSA) is 66.5 Å². The number of carbonyl (C=O) groups excluding carboxylic acids is 1. The van der Waals surface area contributed by atoms with Crippen molar-refractivity contribution >= 4 is 39.1 Å². The van der Waals surface area contributed by atoms with E-state index in [4.69, 9.17) is 0 Å². The fourth-order valence-electron chi connectivity index (χ4n) is 2.79. The Kier molecular flexibility index (Phi) is 5.76. The molecular weight excluding hydrogens is 387 g/mol. The fourth-order valence-corrected chi connectivity index (χ4v) is 5.40. The van der Waals surface area contributed by atoms with Crippen LogP contribution in [0.4, 0.5) is 15.8 Å². The van der Waals surface area contributed by atoms with E-state index < -0.39 is 15.8 Å². The molecule has 1 N–H and O–H groups in total. The van der Waals surface area contributed by atoms with Crippen molar-refractivity contribution in [1.82, 2.24) is 0 Å². The highest BCUT2D eigenvalue weighted by Crippen LogP contribution is 2.35. The van der Waals surface area contributed by atoms with Crippen LogP contribution in [0.3, 0.4) is 0 Å². The second kappa shape index (κ2) is 7.90. The van der Waals surface area contributed by atoms with E-state index in [0.29, 0.717) is 17.9 Å². The third kappa shape index (κ3) is 3.96. The van der Waals surface area contributed by atoms with Gasteiger partial charge in [0.25, 0.3) is 10.0 Å². The lowest BCUT2D eigenvalue weighted by molar-refractivity contribution is -0.118. The number of hydrogen-bond acceptors (Lipinski definition) is 4. The molecule has 1 heterocycles. The number of hydrogen-bond donors (Lipinski definition) is 1. The largest absolute Gasteiger partial charge is 0.325 e. The Morgan fingerprint density at radius 2 is 2.00 bits per heavy atom. The minimum Gasteiger partial charge on any atom is -0.325 e. The molecule has 5 nitrogen and oxygen atoms in total. The van der Waals surface area contributed by atoms with Crippen LogP contribution in [-0.2, 0) is 14.8 Å². The summed E-state index contributed by atoms with van der Waals surface area (Å²) in [6, 6.07) is 10.5. The van der Waals surface area contributed by atoms with Gasteiger partial charge in [-0.05, 0) is 36.8 Å². The van der Waals surface area contributed by atoms with Gasteiger partial charge in [0.05, 0.1) is 16.3 Å². The number of anilines is 2. The van der Waals surface area contributed by atoms with Crippen LogP contribution in [0.2, 0.25) is 0 Å². The van der Waals surface area contributed by atoms with Crippen molar-refractivity contribution in [2.45, 2.75) is 30.1 Å². The van der Waals surface area contributed by atoms with Gasteiger partial charge < -0.3 is 5.32 Å². The fraction of sp³-hybridized carbons (Fsp3) is 0.316. The smallest absolute Gasteiger partial charge is 0.264 e. The predicted octanol–water partition coefficient (Wildman–Crippen LogP) is 4.11. The highest BCUT2D eigenvalue weighted by Gasteiger charge is 2.28. The van der Waals surface area contributed by atoms with E-state index in [1.165, 1.54) is 42.1 Å². The Morgan fingerprint density at radius 3 is 2.70 bits per heavy atom. The van der Waals surface area contributed by atoms with Crippen LogP contribution in [0.5, 0.6) is 0 Å². The molecule has 1 aliphatic heterocycles. The molecule has 27 heavy (non-hydrogen) atoms. The molecule has 8 heteroatoms. The third-order valence-corrected chi connectivity index (χ3v) is 7.42. The summed E-state index contributed by atoms with van der Waals surface area (Å²) in [4.78, 5) is 12.9. The Morgan fingerprint density at radius 1 is 1.26 bits per heavy atom. The number of rotatable bonds is 5. The van der Waals surface area contributed by atoms with E-state index in [1.54, 1.807) is 12.1 Å². The molecule has 144 valence electrons. The summed E-state index contributed by atoms with van der Waals surface area (Å²) < 4.78 is 41.8. The van der Waals surface area contributed by atoms with Crippen LogP contribution in [0.1, 0.15) is 20.3 Å². The molecule has 2 aromatic carbocycles. The maximum atomic E-state index is 14.3. The summed E-state index contributed by atoms with van der Waals surface area (Å²) in [5, 5.41) is 2.79. The van der Waals surface area contributed by atoms with Crippen molar-refractivity contribution in [3.63, 3.8) is 0 Å². The van der Waals surface area contributed by atoms with Gasteiger partial charge in [0.1, 0.15) is 5.82 Å². The summed E-state index contributed by atoms with van der Waals surface area (Å²) in [6.07, 6.45) is 0.530. The number of halogens is 1. The SMILES string of the molecule is CCCN(c1ccccc1F)S(=O)(=O)c1ccc2c(c1)NC(=O)C(C)CS2. The van der Waals surface area contributed by atoms with Crippen LogP contribution in [-0.4, -0.2) is 26.6 Å². The maximum Gasteiger partial charge on any atom is 0.264 e. The molecule has 0 fully saturated rings. The molecule has 0 aliphatic carbocycles. The van der Waals surface area contributed by atoms with Crippen molar-refractivity contribution in [2.24, 2.45) is 5.92 Å². The van der Waals surface area contributed by atoms with Gasteiger partial charge in [0.15, 0.2) is 0 Å². The van der Waals surface area contributed by atoms with Crippen LogP contribution in [0, 0.1) is 11.7 Å². The zero-order valence-electron chi connectivity index (χ0n) is 15.1. The average molecular weight is 409 g/mol. The molecular formula is C19H21FN2O3S2. The van der Waals surface area contributed by atoms with Gasteiger partial charge in [-0.15, -0.1) is 11.8 Å². The number of benzene rings is 2. The number of amides is 1. The van der Waals surface area contributed by atoms with Crippen molar-refractivity contribution in [3.05, 3.63) is 48.3 Å². The number of nitrogens with zero attached hydrogens (tertiary/aromatic N) is 1. The van der Waals surface area contributed by atoms with E-state index in [2.05, 4.69) is 5.32 Å². The second-order valence-electron chi connectivity index (χ2n) is 6.39. The molecule has 0 saturated carbocycles. The lowest BCUT2D eigenvalue weighted by Crippen LogP contribution is -2.32. The van der Waals surface area contributed by atoms with Crippen molar-refractivity contribution in [3.8, 4) is 0 Å². The maximum absolute atomic E-state index is 14.3. The summed E-state index contributed by atoms with van der Waals surface area (Å²) in [5.41, 5.74) is 0.488. The molecule has 1 atom stereocenters. The molecule has 0 aromatic heterocycles. The van der Waals surface area contributed by atoms with Gasteiger partial charge in [-0.2, -0.15) is 0 Å². The number of sulfonamides is 1. The highest BCUT2D eigenvalue weighted by molar-refractivity contribution is 7.99. The summed E-state index contributed by atoms with van der Waals surface area (Å²) >= 11 is 1.51. The van der Waals surface area contributed by atoms with Gasteiger partial charge in [-0.25, -0.2) is 12.8 Å². The van der Waals surface area contributed by atoms with Crippen LogP contribution >= 0.6 is 11.8 Å². The molecule has 1 amide bonds. The Hall–Kier alpha value is -2.06. The molecule has 3 rings (SSSR count). The number of para-hydroxylation sites is 1. The first kappa shape index (κ1) is 19.7. The lowest BCUT2D eigenvalue weighted by Gasteiger charge is -2.25. The molecule has 0 spiro atoms. The van der Waals surface area contributed by atoms with E-state index in [-0.39, 0.29) is 29.0 Å². The first-order valence-corrected chi connectivity index (χ1v) is 11.1. The normalized spacial score (nSPS) is 17.0. The average Bonchev–Trinajstić information content (AvgIpc) is 2.78. The second-order valence-corrected chi connectivity index (χ2v) is 9.31. The van der Waals surface area contributed by atoms with Crippen LogP contribution in [0.25, 0.3) is 0 Å². The van der Waals surface area contributed by atoms with E-state index in [0.717, 1.165) is 9.20 Å². The monoisotopic (exact) mass is 408 g/mol. The predicted molar refractivity (Wildman–Crippen MR) is 106 cm³/mol. The zero-order chi connectivity index (χ0) is 19.6. The number of carbonyl (C=O) groups is 1. The van der Waals surface area contributed by atoms with Gasteiger partial charge in [-0.1, -0.05) is 26.0 Å². The number of fused-ring (bicyclic) bond motifs is 1. The molecule has 2 aromatic rings. The first-order valence-electron chi connectivity index (χ1n) is 8.69. The molecule has 1 unspecified atom stereocenters. The van der Waals surface area contributed by atoms with Crippen molar-refractivity contribution in [1.29, 1.82) is 0 Å². The molecule has 0 radical (unpaired) electrons. The number of nitrogens with one attached hydrogen (secondary N) is 1. The standard InChI is InChI=1S/C19H21FN2O3S2/c1-3-10-22(17-7-5-4-6-15(17)20)27(24,25)14-8-9-18-16(11-14)21-19(23)13(2)12-26-18/h4-9,11,13H,3,10,12H2,1-2H3,(H,21,23). The Balaban J connectivity index is 2.05. The summed E-state index contributed by atoms with van der Waals surface area (Å²) in [7, 11) is -3.98. The van der Waals surface area contributed by atoms with Crippen LogP contribution in [0.15, 0.2) is 52.3 Å². The Labute approximate surface area is 163 Å². The summed E-state index contributed by atoms with van der Waals surface area (Å²) in [5.74, 6) is -0.281. The van der Waals surface area contributed by atoms with Crippen molar-refractivity contribution < 1.29 is 17.6 Å². The van der Waals surface area contributed by atoms with Gasteiger partial charge in [0, 0.05) is 23.1 Å². The van der Waals surface area contributed by atoms with E-state index >= 15 is 0 Å². The molecule has 0 bridgehead atoms. The molecule has 1 aliphatic rings. The third-order valence-electron chi connectivity index (χ3n) is 4.28. The first-order chi connectivity index (χ1) is 12.8. The van der Waals surface area contributed by atoms with Gasteiger partial charge in [0.2, 0.25) is 5.91 Å². The minimum absolute atomic E-state index is 0.0151. The zero-order valence-corrected chi connectivity index (χ0v) is 16.7. The van der Waals surface area contributed by atoms with Crippen molar-refractivity contribution in [2.75, 3.05) is 21.9 Å². The summed E-state index contributed by atoms with van der Waals surface area (Å²) in [6.45, 7) is 3.81. The molecule has 0 saturated heterocycles. The van der Waals surface area contributed by atoms with Gasteiger partial charge >= 0.3 is 0 Å².